The average molecular weight is 527 g/mol. The highest BCUT2D eigenvalue weighted by atomic mass is 32.2. The number of sulfonamides is 1. The first-order valence-electron chi connectivity index (χ1n) is 11.0. The van der Waals surface area contributed by atoms with Gasteiger partial charge in [-0.1, -0.05) is 48.5 Å². The van der Waals surface area contributed by atoms with Crippen LogP contribution in [0.2, 0.25) is 0 Å². The van der Waals surface area contributed by atoms with Crippen LogP contribution < -0.4 is 14.4 Å². The monoisotopic (exact) mass is 526 g/mol. The first-order valence-corrected chi connectivity index (χ1v) is 12.5. The molecule has 1 N–H and O–H groups in total. The van der Waals surface area contributed by atoms with Gasteiger partial charge in [0.25, 0.3) is 10.0 Å². The highest BCUT2D eigenvalue weighted by Gasteiger charge is 2.34. The molecule has 190 valence electrons. The van der Waals surface area contributed by atoms with E-state index in [9.17, 15) is 26.4 Å². The topological polar surface area (TPSA) is 75.7 Å². The fourth-order valence-electron chi connectivity index (χ4n) is 3.50. The van der Waals surface area contributed by atoms with E-state index in [1.807, 2.05) is 6.07 Å². The minimum Gasteiger partial charge on any atom is -0.457 e. The zero-order chi connectivity index (χ0) is 26.5. The first-order chi connectivity index (χ1) is 17.6. The molecule has 0 saturated heterocycles. The third kappa shape index (κ3) is 6.28. The van der Waals surface area contributed by atoms with Gasteiger partial charge in [-0.05, 0) is 60.7 Å². The molecule has 4 aromatic rings. The molecule has 1 amide bonds. The molecule has 0 bridgehead atoms. The number of amides is 1. The molecular weight excluding hydrogens is 505 g/mol. The van der Waals surface area contributed by atoms with Crippen LogP contribution in [0.3, 0.4) is 0 Å². The summed E-state index contributed by atoms with van der Waals surface area (Å²) in [6, 6.07) is 26.8. The molecule has 0 saturated carbocycles. The lowest BCUT2D eigenvalue weighted by atomic mass is 10.1. The van der Waals surface area contributed by atoms with Crippen molar-refractivity contribution >= 4 is 27.3 Å². The molecule has 0 unspecified atom stereocenters. The second-order valence-corrected chi connectivity index (χ2v) is 9.69. The molecule has 0 heterocycles. The molecular formula is C27H21F3N2O4S. The van der Waals surface area contributed by atoms with Gasteiger partial charge in [0.05, 0.1) is 21.8 Å². The Hall–Kier alpha value is -4.31. The maximum absolute atomic E-state index is 13.5. The summed E-state index contributed by atoms with van der Waals surface area (Å²) in [5.41, 5.74) is -1.38. The average Bonchev–Trinajstić information content (AvgIpc) is 2.89. The van der Waals surface area contributed by atoms with Crippen molar-refractivity contribution in [2.75, 3.05) is 16.2 Å². The van der Waals surface area contributed by atoms with Gasteiger partial charge in [0, 0.05) is 0 Å². The van der Waals surface area contributed by atoms with Crippen molar-refractivity contribution in [2.45, 2.75) is 11.1 Å². The van der Waals surface area contributed by atoms with E-state index in [1.165, 1.54) is 60.7 Å². The van der Waals surface area contributed by atoms with E-state index in [-0.39, 0.29) is 10.6 Å². The maximum Gasteiger partial charge on any atom is 0.418 e. The molecule has 0 atom stereocenters. The van der Waals surface area contributed by atoms with Gasteiger partial charge in [-0.3, -0.25) is 9.10 Å². The van der Waals surface area contributed by atoms with Crippen LogP contribution in [0.15, 0.2) is 114 Å². The Labute approximate surface area is 212 Å². The Bertz CT molecular complexity index is 1460. The number of ether oxygens (including phenoxy) is 1. The normalized spacial score (nSPS) is 11.5. The first kappa shape index (κ1) is 25.8. The number of hydrogen-bond acceptors (Lipinski definition) is 4. The molecule has 0 spiro atoms. The van der Waals surface area contributed by atoms with Gasteiger partial charge in [-0.15, -0.1) is 0 Å². The van der Waals surface area contributed by atoms with Crippen molar-refractivity contribution in [3.63, 3.8) is 0 Å². The summed E-state index contributed by atoms with van der Waals surface area (Å²) in [5.74, 6) is 0.0584. The Morgan fingerprint density at radius 1 is 0.757 bits per heavy atom. The highest BCUT2D eigenvalue weighted by molar-refractivity contribution is 7.92. The number of hydrogen-bond donors (Lipinski definition) is 1. The van der Waals surface area contributed by atoms with Crippen LogP contribution in [0.25, 0.3) is 0 Å². The maximum atomic E-state index is 13.5. The van der Waals surface area contributed by atoms with E-state index < -0.39 is 39.9 Å². The third-order valence-corrected chi connectivity index (χ3v) is 7.02. The predicted molar refractivity (Wildman–Crippen MR) is 134 cm³/mol. The largest absolute Gasteiger partial charge is 0.457 e. The summed E-state index contributed by atoms with van der Waals surface area (Å²) in [5, 5.41) is 2.20. The fraction of sp³-hybridized carbons (Fsp3) is 0.0741. The number of benzene rings is 4. The van der Waals surface area contributed by atoms with Crippen molar-refractivity contribution in [1.82, 2.24) is 0 Å². The van der Waals surface area contributed by atoms with Gasteiger partial charge in [-0.25, -0.2) is 8.42 Å². The molecule has 37 heavy (non-hydrogen) atoms. The van der Waals surface area contributed by atoms with Crippen molar-refractivity contribution in [3.8, 4) is 11.5 Å². The zero-order valence-electron chi connectivity index (χ0n) is 19.2. The van der Waals surface area contributed by atoms with Crippen LogP contribution in [-0.4, -0.2) is 20.9 Å². The van der Waals surface area contributed by atoms with Gasteiger partial charge in [0.1, 0.15) is 18.0 Å². The number of nitrogens with one attached hydrogen (secondary N) is 1. The van der Waals surface area contributed by atoms with Crippen LogP contribution in [-0.2, 0) is 21.0 Å². The minimum atomic E-state index is -4.70. The minimum absolute atomic E-state index is 0.0805. The quantitative estimate of drug-likeness (QED) is 0.291. The molecule has 4 rings (SSSR count). The van der Waals surface area contributed by atoms with Crippen LogP contribution in [0, 0.1) is 0 Å². The molecule has 0 aliphatic carbocycles. The van der Waals surface area contributed by atoms with E-state index >= 15 is 0 Å². The number of rotatable bonds is 8. The lowest BCUT2D eigenvalue weighted by Crippen LogP contribution is -2.38. The standard InChI is InChI=1S/C27H21F3N2O4S/c28-27(29,30)24-13-7-8-14-25(24)31-26(33)19-32(37(34,35)23-11-5-2-6-12-23)20-15-17-22(18-16-20)36-21-9-3-1-4-10-21/h1-18H,19H2,(H,31,33). The Morgan fingerprint density at radius 2 is 1.30 bits per heavy atom. The summed E-state index contributed by atoms with van der Waals surface area (Å²) in [6.45, 7) is -0.762. The zero-order valence-corrected chi connectivity index (χ0v) is 20.0. The van der Waals surface area contributed by atoms with E-state index in [1.54, 1.807) is 30.3 Å². The SMILES string of the molecule is O=C(CN(c1ccc(Oc2ccccc2)cc1)S(=O)(=O)c1ccccc1)Nc1ccccc1C(F)(F)F. The number of carbonyl (C=O) groups is 1. The lowest BCUT2D eigenvalue weighted by molar-refractivity contribution is -0.137. The molecule has 10 heteroatoms. The Kier molecular flexibility index (Phi) is 7.49. The molecule has 0 fully saturated rings. The molecule has 0 aromatic heterocycles. The Balaban J connectivity index is 1.63. The van der Waals surface area contributed by atoms with Crippen molar-refractivity contribution < 1.29 is 31.1 Å². The number of carbonyl (C=O) groups excluding carboxylic acids is 1. The second-order valence-electron chi connectivity index (χ2n) is 7.83. The lowest BCUT2D eigenvalue weighted by Gasteiger charge is -2.24. The van der Waals surface area contributed by atoms with Crippen LogP contribution >= 0.6 is 0 Å². The molecule has 4 aromatic carbocycles. The number of halogens is 3. The van der Waals surface area contributed by atoms with E-state index in [4.69, 9.17) is 4.74 Å². The van der Waals surface area contributed by atoms with Crippen LogP contribution in [0.1, 0.15) is 5.56 Å². The smallest absolute Gasteiger partial charge is 0.418 e. The third-order valence-electron chi connectivity index (χ3n) is 5.23. The second kappa shape index (κ2) is 10.8. The van der Waals surface area contributed by atoms with Crippen molar-refractivity contribution in [2.24, 2.45) is 0 Å². The molecule has 0 aliphatic rings. The fourth-order valence-corrected chi connectivity index (χ4v) is 4.94. The van der Waals surface area contributed by atoms with Crippen LogP contribution in [0.5, 0.6) is 11.5 Å². The van der Waals surface area contributed by atoms with Gasteiger partial charge < -0.3 is 10.1 Å². The number of anilines is 2. The van der Waals surface area contributed by atoms with Gasteiger partial charge in [0.2, 0.25) is 5.91 Å². The van der Waals surface area contributed by atoms with Gasteiger partial charge in [0.15, 0.2) is 0 Å². The summed E-state index contributed by atoms with van der Waals surface area (Å²) in [6.07, 6.45) is -4.70. The summed E-state index contributed by atoms with van der Waals surface area (Å²) < 4.78 is 73.6. The summed E-state index contributed by atoms with van der Waals surface area (Å²) >= 11 is 0. The van der Waals surface area contributed by atoms with Gasteiger partial charge >= 0.3 is 6.18 Å². The number of alkyl halides is 3. The Morgan fingerprint density at radius 3 is 1.92 bits per heavy atom. The van der Waals surface area contributed by atoms with E-state index in [2.05, 4.69) is 5.32 Å². The van der Waals surface area contributed by atoms with Crippen molar-refractivity contribution in [1.29, 1.82) is 0 Å². The summed E-state index contributed by atoms with van der Waals surface area (Å²) in [4.78, 5) is 12.8. The van der Waals surface area contributed by atoms with Crippen molar-refractivity contribution in [3.05, 3.63) is 115 Å². The molecule has 0 aliphatic heterocycles. The number of para-hydroxylation sites is 2. The van der Waals surface area contributed by atoms with Crippen LogP contribution in [0.4, 0.5) is 24.5 Å². The summed E-state index contributed by atoms with van der Waals surface area (Å²) in [7, 11) is -4.24. The molecule has 0 radical (unpaired) electrons. The number of nitrogens with zero attached hydrogens (tertiary/aromatic N) is 1. The van der Waals surface area contributed by atoms with E-state index in [0.29, 0.717) is 11.5 Å². The highest BCUT2D eigenvalue weighted by Crippen LogP contribution is 2.35. The molecule has 6 nitrogen and oxygen atoms in total. The predicted octanol–water partition coefficient (Wildman–Crippen LogP) is 6.33. The van der Waals surface area contributed by atoms with Gasteiger partial charge in [-0.2, -0.15) is 13.2 Å². The van der Waals surface area contributed by atoms with E-state index in [0.717, 1.165) is 16.4 Å².